The van der Waals surface area contributed by atoms with Gasteiger partial charge in [-0.1, -0.05) is 11.2 Å². The first-order valence-electron chi connectivity index (χ1n) is 9.10. The predicted molar refractivity (Wildman–Crippen MR) is 97.8 cm³/mol. The molecule has 2 N–H and O–H groups in total. The molecule has 0 bridgehead atoms. The summed E-state index contributed by atoms with van der Waals surface area (Å²) in [5.41, 5.74) is 2.81. The minimum atomic E-state index is -0.316. The van der Waals surface area contributed by atoms with Gasteiger partial charge in [0.25, 0.3) is 0 Å². The van der Waals surface area contributed by atoms with Crippen LogP contribution in [0.4, 0.5) is 5.82 Å². The van der Waals surface area contributed by atoms with E-state index in [0.717, 1.165) is 47.8 Å². The number of nitrogens with zero attached hydrogens (tertiary/aromatic N) is 3. The van der Waals surface area contributed by atoms with Crippen LogP contribution in [0, 0.1) is 13.8 Å². The minimum Gasteiger partial charge on any atom is -0.391 e. The Kier molecular flexibility index (Phi) is 5.88. The number of piperidine rings is 1. The number of carbonyl (C=O) groups excluding carboxylic acids is 1. The van der Waals surface area contributed by atoms with Gasteiger partial charge in [-0.15, -0.1) is 0 Å². The van der Waals surface area contributed by atoms with Crippen molar-refractivity contribution >= 4 is 11.7 Å². The van der Waals surface area contributed by atoms with Crippen molar-refractivity contribution in [2.24, 2.45) is 0 Å². The van der Waals surface area contributed by atoms with Crippen LogP contribution in [-0.4, -0.2) is 40.3 Å². The van der Waals surface area contributed by atoms with Crippen LogP contribution in [0.5, 0.6) is 0 Å². The molecule has 2 aromatic rings. The first kappa shape index (κ1) is 18.4. The van der Waals surface area contributed by atoms with Crippen LogP contribution in [0.3, 0.4) is 0 Å². The lowest BCUT2D eigenvalue weighted by Crippen LogP contribution is -2.39. The summed E-state index contributed by atoms with van der Waals surface area (Å²) in [5, 5.41) is 16.8. The maximum absolute atomic E-state index is 12.2. The Balaban J connectivity index is 1.57. The van der Waals surface area contributed by atoms with Gasteiger partial charge >= 0.3 is 0 Å². The summed E-state index contributed by atoms with van der Waals surface area (Å²) in [6, 6.07) is 3.84. The number of aryl methyl sites for hydroxylation is 2. The number of amides is 1. The highest BCUT2D eigenvalue weighted by Gasteiger charge is 2.21. The smallest absolute Gasteiger partial charge is 0.220 e. The second-order valence-corrected chi connectivity index (χ2v) is 6.81. The number of anilines is 1. The van der Waals surface area contributed by atoms with E-state index in [-0.39, 0.29) is 12.0 Å². The fourth-order valence-electron chi connectivity index (χ4n) is 3.38. The Morgan fingerprint density at radius 2 is 2.31 bits per heavy atom. The van der Waals surface area contributed by atoms with E-state index in [0.29, 0.717) is 25.9 Å². The van der Waals surface area contributed by atoms with Crippen molar-refractivity contribution in [3.05, 3.63) is 40.9 Å². The number of nitrogens with one attached hydrogen (secondary N) is 1. The summed E-state index contributed by atoms with van der Waals surface area (Å²) < 4.78 is 5.13. The van der Waals surface area contributed by atoms with Gasteiger partial charge in [-0.2, -0.15) is 0 Å². The van der Waals surface area contributed by atoms with Gasteiger partial charge in [0, 0.05) is 43.4 Å². The lowest BCUT2D eigenvalue weighted by molar-refractivity contribution is -0.121. The molecule has 1 aliphatic heterocycles. The summed E-state index contributed by atoms with van der Waals surface area (Å²) in [5.74, 6) is 1.60. The summed E-state index contributed by atoms with van der Waals surface area (Å²) in [6.45, 7) is 5.64. The van der Waals surface area contributed by atoms with Gasteiger partial charge in [0.1, 0.15) is 11.6 Å². The predicted octanol–water partition coefficient (Wildman–Crippen LogP) is 1.90. The zero-order valence-corrected chi connectivity index (χ0v) is 15.4. The second kappa shape index (κ2) is 8.31. The second-order valence-electron chi connectivity index (χ2n) is 6.81. The molecule has 1 unspecified atom stereocenters. The zero-order chi connectivity index (χ0) is 18.5. The fraction of sp³-hybridized carbons (Fsp3) is 0.526. The van der Waals surface area contributed by atoms with Gasteiger partial charge in [-0.3, -0.25) is 4.79 Å². The number of hydrogen-bond acceptors (Lipinski definition) is 6. The molecule has 1 fully saturated rings. The Morgan fingerprint density at radius 1 is 1.46 bits per heavy atom. The number of pyridine rings is 1. The molecule has 0 saturated carbocycles. The number of rotatable bonds is 6. The molecule has 2 aromatic heterocycles. The molecule has 3 rings (SSSR count). The van der Waals surface area contributed by atoms with Crippen molar-refractivity contribution in [3.8, 4) is 0 Å². The van der Waals surface area contributed by atoms with Crippen molar-refractivity contribution in [2.45, 2.75) is 52.2 Å². The molecule has 1 aliphatic rings. The van der Waals surface area contributed by atoms with Crippen molar-refractivity contribution in [3.63, 3.8) is 0 Å². The first-order chi connectivity index (χ1) is 12.5. The number of hydrogen-bond donors (Lipinski definition) is 2. The Hall–Kier alpha value is -2.41. The van der Waals surface area contributed by atoms with Gasteiger partial charge < -0.3 is 19.8 Å². The number of aromatic nitrogens is 2. The third kappa shape index (κ3) is 4.40. The van der Waals surface area contributed by atoms with Crippen LogP contribution in [0.1, 0.15) is 41.8 Å². The van der Waals surface area contributed by atoms with Crippen LogP contribution < -0.4 is 10.2 Å². The molecular formula is C19H26N4O3. The van der Waals surface area contributed by atoms with E-state index in [1.165, 1.54) is 0 Å². The molecule has 140 valence electrons. The lowest BCUT2D eigenvalue weighted by atomic mass is 10.1. The minimum absolute atomic E-state index is 0.0153. The van der Waals surface area contributed by atoms with Crippen molar-refractivity contribution in [1.29, 1.82) is 0 Å². The Bertz CT molecular complexity index is 739. The van der Waals surface area contributed by atoms with Crippen LogP contribution >= 0.6 is 0 Å². The molecule has 3 heterocycles. The molecular weight excluding hydrogens is 332 g/mol. The highest BCUT2D eigenvalue weighted by molar-refractivity contribution is 5.76. The quantitative estimate of drug-likeness (QED) is 0.819. The molecule has 1 amide bonds. The van der Waals surface area contributed by atoms with E-state index >= 15 is 0 Å². The van der Waals surface area contributed by atoms with E-state index in [1.54, 1.807) is 6.20 Å². The third-order valence-corrected chi connectivity index (χ3v) is 4.82. The van der Waals surface area contributed by atoms with Crippen LogP contribution in [-0.2, 0) is 17.8 Å². The zero-order valence-electron chi connectivity index (χ0n) is 15.4. The Labute approximate surface area is 153 Å². The molecule has 1 atom stereocenters. The monoisotopic (exact) mass is 358 g/mol. The maximum atomic E-state index is 12.2. The number of aliphatic hydroxyl groups is 1. The molecule has 0 aliphatic carbocycles. The van der Waals surface area contributed by atoms with Gasteiger partial charge in [-0.25, -0.2) is 4.98 Å². The maximum Gasteiger partial charge on any atom is 0.220 e. The highest BCUT2D eigenvalue weighted by atomic mass is 16.5. The van der Waals surface area contributed by atoms with Gasteiger partial charge in [-0.05, 0) is 39.2 Å². The van der Waals surface area contributed by atoms with Crippen molar-refractivity contribution < 1.29 is 14.4 Å². The van der Waals surface area contributed by atoms with Crippen molar-refractivity contribution in [1.82, 2.24) is 15.5 Å². The fourth-order valence-corrected chi connectivity index (χ4v) is 3.38. The summed E-state index contributed by atoms with van der Waals surface area (Å²) in [6.07, 6.45) is 4.21. The summed E-state index contributed by atoms with van der Waals surface area (Å²) >= 11 is 0. The standard InChI is InChI=1S/C19H26N4O3/c1-13-17(14(2)26-22-13)7-8-18(25)21-11-15-5-3-9-20-19(15)23-10-4-6-16(24)12-23/h3,5,9,16,24H,4,6-8,10-12H2,1-2H3,(H,21,25). The van der Waals surface area contributed by atoms with Crippen molar-refractivity contribution in [2.75, 3.05) is 18.0 Å². The molecule has 1 saturated heterocycles. The molecule has 26 heavy (non-hydrogen) atoms. The van der Waals surface area contributed by atoms with Crippen LogP contribution in [0.25, 0.3) is 0 Å². The van der Waals surface area contributed by atoms with Gasteiger partial charge in [0.15, 0.2) is 0 Å². The average Bonchev–Trinajstić information content (AvgIpc) is 2.96. The van der Waals surface area contributed by atoms with Crippen LogP contribution in [0.15, 0.2) is 22.9 Å². The molecule has 0 radical (unpaired) electrons. The topological polar surface area (TPSA) is 91.5 Å². The number of aliphatic hydroxyl groups excluding tert-OH is 1. The highest BCUT2D eigenvalue weighted by Crippen LogP contribution is 2.22. The summed E-state index contributed by atoms with van der Waals surface area (Å²) in [4.78, 5) is 18.8. The molecule has 0 aromatic carbocycles. The number of carbonyl (C=O) groups is 1. The van der Waals surface area contributed by atoms with E-state index in [2.05, 4.69) is 20.4 Å². The van der Waals surface area contributed by atoms with Crippen LogP contribution in [0.2, 0.25) is 0 Å². The van der Waals surface area contributed by atoms with Gasteiger partial charge in [0.2, 0.25) is 5.91 Å². The lowest BCUT2D eigenvalue weighted by Gasteiger charge is -2.32. The largest absolute Gasteiger partial charge is 0.391 e. The summed E-state index contributed by atoms with van der Waals surface area (Å²) in [7, 11) is 0. The number of β-amino-alcohol motifs (C(OH)–C–C–N with tert-alkyl or cyclic N) is 1. The van der Waals surface area contributed by atoms with E-state index in [9.17, 15) is 9.90 Å². The SMILES string of the molecule is Cc1noc(C)c1CCC(=O)NCc1cccnc1N1CCCC(O)C1. The third-order valence-electron chi connectivity index (χ3n) is 4.82. The van der Waals surface area contributed by atoms with E-state index < -0.39 is 0 Å². The van der Waals surface area contributed by atoms with Gasteiger partial charge in [0.05, 0.1) is 11.8 Å². The molecule has 7 heteroatoms. The first-order valence-corrected chi connectivity index (χ1v) is 9.10. The molecule has 0 spiro atoms. The van der Waals surface area contributed by atoms with E-state index in [4.69, 9.17) is 4.52 Å². The van der Waals surface area contributed by atoms with E-state index in [1.807, 2.05) is 26.0 Å². The normalized spacial score (nSPS) is 17.3. The Morgan fingerprint density at radius 3 is 3.04 bits per heavy atom. The molecule has 7 nitrogen and oxygen atoms in total. The average molecular weight is 358 g/mol.